The van der Waals surface area contributed by atoms with Gasteiger partial charge >= 0.3 is 0 Å². The van der Waals surface area contributed by atoms with Crippen LogP contribution in [0.5, 0.6) is 0 Å². The first kappa shape index (κ1) is 9.72. The second-order valence-corrected chi connectivity index (χ2v) is 4.21. The van der Waals surface area contributed by atoms with E-state index in [2.05, 4.69) is 24.4 Å². The van der Waals surface area contributed by atoms with Gasteiger partial charge in [-0.2, -0.15) is 0 Å². The second-order valence-electron chi connectivity index (χ2n) is 4.21. The van der Waals surface area contributed by atoms with Gasteiger partial charge in [-0.05, 0) is 68.5 Å². The molecule has 0 heterocycles. The minimum Gasteiger partial charge on any atom is -0.319 e. The van der Waals surface area contributed by atoms with Crippen LogP contribution in [0.3, 0.4) is 0 Å². The lowest BCUT2D eigenvalue weighted by atomic mass is 9.97. The van der Waals surface area contributed by atoms with Gasteiger partial charge in [-0.3, -0.25) is 0 Å². The minimum absolute atomic E-state index is 1.09. The van der Waals surface area contributed by atoms with Gasteiger partial charge < -0.3 is 5.32 Å². The van der Waals surface area contributed by atoms with Crippen LogP contribution < -0.4 is 5.32 Å². The normalized spacial score (nSPS) is 14.4. The molecule has 0 saturated carbocycles. The molecule has 1 aromatic carbocycles. The van der Waals surface area contributed by atoms with Gasteiger partial charge in [-0.25, -0.2) is 0 Å². The predicted octanol–water partition coefficient (Wildman–Crippen LogP) is 2.25. The van der Waals surface area contributed by atoms with E-state index in [1.54, 1.807) is 16.7 Å². The summed E-state index contributed by atoms with van der Waals surface area (Å²) in [5.41, 5.74) is 6.35. The third kappa shape index (κ3) is 1.69. The topological polar surface area (TPSA) is 12.0 Å². The van der Waals surface area contributed by atoms with Crippen LogP contribution in [0.2, 0.25) is 0 Å². The molecule has 76 valence electrons. The SMILES string of the molecule is CNCCc1ccc(C)c2c1CCC2. The Hall–Kier alpha value is -0.820. The summed E-state index contributed by atoms with van der Waals surface area (Å²) >= 11 is 0. The summed E-state index contributed by atoms with van der Waals surface area (Å²) in [5, 5.41) is 3.22. The molecule has 2 rings (SSSR count). The molecule has 1 nitrogen and oxygen atoms in total. The van der Waals surface area contributed by atoms with Gasteiger partial charge in [0, 0.05) is 0 Å². The zero-order valence-electron chi connectivity index (χ0n) is 9.19. The summed E-state index contributed by atoms with van der Waals surface area (Å²) in [6, 6.07) is 4.60. The molecule has 0 fully saturated rings. The van der Waals surface area contributed by atoms with Crippen LogP contribution in [0, 0.1) is 6.92 Å². The molecule has 14 heavy (non-hydrogen) atoms. The van der Waals surface area contributed by atoms with Crippen molar-refractivity contribution < 1.29 is 0 Å². The smallest absolute Gasteiger partial charge is 0.00113 e. The fraction of sp³-hybridized carbons (Fsp3) is 0.538. The minimum atomic E-state index is 1.09. The van der Waals surface area contributed by atoms with Gasteiger partial charge in [-0.1, -0.05) is 12.1 Å². The van der Waals surface area contributed by atoms with Crippen molar-refractivity contribution in [3.63, 3.8) is 0 Å². The quantitative estimate of drug-likeness (QED) is 0.769. The van der Waals surface area contributed by atoms with E-state index in [1.807, 2.05) is 7.05 Å². The Morgan fingerprint density at radius 3 is 2.79 bits per heavy atom. The van der Waals surface area contributed by atoms with Crippen molar-refractivity contribution in [2.24, 2.45) is 0 Å². The molecule has 1 aliphatic carbocycles. The number of fused-ring (bicyclic) bond motifs is 1. The van der Waals surface area contributed by atoms with Crippen LogP contribution in [0.4, 0.5) is 0 Å². The zero-order valence-corrected chi connectivity index (χ0v) is 9.19. The standard InChI is InChI=1S/C13H19N/c1-10-6-7-11(8-9-14-2)13-5-3-4-12(10)13/h6-7,14H,3-5,8-9H2,1-2H3. The van der Waals surface area contributed by atoms with Gasteiger partial charge in [0.25, 0.3) is 0 Å². The molecule has 1 aliphatic rings. The lowest BCUT2D eigenvalue weighted by molar-refractivity contribution is 0.784. The Labute approximate surface area is 86.5 Å². The van der Waals surface area contributed by atoms with Crippen molar-refractivity contribution in [1.82, 2.24) is 5.32 Å². The van der Waals surface area contributed by atoms with E-state index in [0.717, 1.165) is 6.54 Å². The van der Waals surface area contributed by atoms with Crippen LogP contribution in [0.25, 0.3) is 0 Å². The summed E-state index contributed by atoms with van der Waals surface area (Å²) in [6.45, 7) is 3.33. The highest BCUT2D eigenvalue weighted by molar-refractivity contribution is 5.43. The molecule has 0 unspecified atom stereocenters. The molecule has 1 N–H and O–H groups in total. The van der Waals surface area contributed by atoms with E-state index in [-0.39, 0.29) is 0 Å². The summed E-state index contributed by atoms with van der Waals surface area (Å²) in [4.78, 5) is 0. The summed E-state index contributed by atoms with van der Waals surface area (Å²) in [5.74, 6) is 0. The van der Waals surface area contributed by atoms with Crippen molar-refractivity contribution in [2.45, 2.75) is 32.6 Å². The first-order chi connectivity index (χ1) is 6.83. The Kier molecular flexibility index (Phi) is 2.87. The van der Waals surface area contributed by atoms with Crippen molar-refractivity contribution in [2.75, 3.05) is 13.6 Å². The molecule has 0 bridgehead atoms. The van der Waals surface area contributed by atoms with Crippen molar-refractivity contribution in [3.8, 4) is 0 Å². The van der Waals surface area contributed by atoms with Crippen molar-refractivity contribution in [1.29, 1.82) is 0 Å². The number of likely N-dealkylation sites (N-methyl/N-ethyl adjacent to an activating group) is 1. The summed E-state index contributed by atoms with van der Waals surface area (Å²) < 4.78 is 0. The zero-order chi connectivity index (χ0) is 9.97. The second kappa shape index (κ2) is 4.14. The molecule has 0 radical (unpaired) electrons. The molecule has 0 aliphatic heterocycles. The molecule has 0 saturated heterocycles. The molecular formula is C13H19N. The molecule has 0 aromatic heterocycles. The number of rotatable bonds is 3. The van der Waals surface area contributed by atoms with E-state index in [4.69, 9.17) is 0 Å². The third-order valence-electron chi connectivity index (χ3n) is 3.26. The highest BCUT2D eigenvalue weighted by Crippen LogP contribution is 2.28. The number of hydrogen-bond acceptors (Lipinski definition) is 1. The molecule has 1 aromatic rings. The monoisotopic (exact) mass is 189 g/mol. The number of nitrogens with one attached hydrogen (secondary N) is 1. The van der Waals surface area contributed by atoms with Crippen LogP contribution in [-0.2, 0) is 19.3 Å². The Balaban J connectivity index is 2.29. The van der Waals surface area contributed by atoms with E-state index in [9.17, 15) is 0 Å². The maximum Gasteiger partial charge on any atom is -0.00113 e. The number of hydrogen-bond donors (Lipinski definition) is 1. The Bertz CT molecular complexity index is 328. The lowest BCUT2D eigenvalue weighted by Crippen LogP contribution is -2.11. The largest absolute Gasteiger partial charge is 0.319 e. The Morgan fingerprint density at radius 1 is 1.21 bits per heavy atom. The van der Waals surface area contributed by atoms with Gasteiger partial charge in [0.15, 0.2) is 0 Å². The van der Waals surface area contributed by atoms with E-state index < -0.39 is 0 Å². The third-order valence-corrected chi connectivity index (χ3v) is 3.26. The molecule has 0 amide bonds. The van der Waals surface area contributed by atoms with E-state index in [0.29, 0.717) is 0 Å². The number of benzene rings is 1. The highest BCUT2D eigenvalue weighted by atomic mass is 14.8. The molecular weight excluding hydrogens is 170 g/mol. The lowest BCUT2D eigenvalue weighted by Gasteiger charge is -2.10. The highest BCUT2D eigenvalue weighted by Gasteiger charge is 2.15. The molecule has 0 spiro atoms. The van der Waals surface area contributed by atoms with Crippen molar-refractivity contribution >= 4 is 0 Å². The maximum absolute atomic E-state index is 3.22. The fourth-order valence-corrected chi connectivity index (χ4v) is 2.45. The maximum atomic E-state index is 3.22. The molecule has 1 heteroatoms. The van der Waals surface area contributed by atoms with Gasteiger partial charge in [0.2, 0.25) is 0 Å². The predicted molar refractivity (Wildman–Crippen MR) is 60.8 cm³/mol. The van der Waals surface area contributed by atoms with Crippen LogP contribution >= 0.6 is 0 Å². The fourth-order valence-electron chi connectivity index (χ4n) is 2.45. The van der Waals surface area contributed by atoms with Gasteiger partial charge in [0.05, 0.1) is 0 Å². The first-order valence-electron chi connectivity index (χ1n) is 5.57. The van der Waals surface area contributed by atoms with Gasteiger partial charge in [-0.15, -0.1) is 0 Å². The summed E-state index contributed by atoms with van der Waals surface area (Å²) in [6.07, 6.45) is 5.14. The van der Waals surface area contributed by atoms with E-state index in [1.165, 1.54) is 31.2 Å². The van der Waals surface area contributed by atoms with Crippen molar-refractivity contribution in [3.05, 3.63) is 34.4 Å². The van der Waals surface area contributed by atoms with E-state index >= 15 is 0 Å². The number of aryl methyl sites for hydroxylation is 1. The van der Waals surface area contributed by atoms with Crippen LogP contribution in [0.1, 0.15) is 28.7 Å². The van der Waals surface area contributed by atoms with Crippen LogP contribution in [0.15, 0.2) is 12.1 Å². The van der Waals surface area contributed by atoms with Crippen LogP contribution in [-0.4, -0.2) is 13.6 Å². The summed E-state index contributed by atoms with van der Waals surface area (Å²) in [7, 11) is 2.02. The average molecular weight is 189 g/mol. The molecule has 0 atom stereocenters. The van der Waals surface area contributed by atoms with Gasteiger partial charge in [0.1, 0.15) is 0 Å². The Morgan fingerprint density at radius 2 is 2.00 bits per heavy atom. The average Bonchev–Trinajstić information content (AvgIpc) is 2.66. The first-order valence-corrected chi connectivity index (χ1v) is 5.57.